The zero-order valence-electron chi connectivity index (χ0n) is 28.2. The first kappa shape index (κ1) is 28.4. The second-order valence-corrected chi connectivity index (χ2v) is 14.8. The first-order chi connectivity index (χ1) is 23.8. The first-order valence-electron chi connectivity index (χ1n) is 17.3. The zero-order chi connectivity index (χ0) is 33.1. The molecular formula is C45H36N4. The molecule has 0 amide bonds. The highest BCUT2D eigenvalue weighted by molar-refractivity contribution is 6.06. The molecular weight excluding hydrogens is 597 g/mol. The topological polar surface area (TPSA) is 41.9 Å². The van der Waals surface area contributed by atoms with E-state index in [1.165, 1.54) is 61.3 Å². The maximum Gasteiger partial charge on any atom is 0.0915 e. The summed E-state index contributed by atoms with van der Waals surface area (Å²) >= 11 is 0. The molecule has 4 aliphatic rings. The van der Waals surface area contributed by atoms with Gasteiger partial charge in [0.25, 0.3) is 0 Å². The summed E-state index contributed by atoms with van der Waals surface area (Å²) in [5, 5.41) is 0. The highest BCUT2D eigenvalue weighted by Gasteiger charge is 2.48. The summed E-state index contributed by atoms with van der Waals surface area (Å²) in [4.78, 5) is 17.1. The SMILES string of the molecule is CC1(C)c2ccc3c(c2-c2c1ccc1c2C(C)(C)c2ccccc2-1)C1=CC=CCC1N3c1cc(-c2ccccn2)nc(-c2ccccn2)c1. The molecule has 0 radical (unpaired) electrons. The minimum atomic E-state index is -0.122. The summed E-state index contributed by atoms with van der Waals surface area (Å²) in [6.07, 6.45) is 11.5. The van der Waals surface area contributed by atoms with E-state index in [1.807, 2.05) is 48.8 Å². The second kappa shape index (κ2) is 9.96. The molecule has 0 fully saturated rings. The van der Waals surface area contributed by atoms with E-state index in [2.05, 4.69) is 111 Å². The van der Waals surface area contributed by atoms with Gasteiger partial charge in [0.1, 0.15) is 0 Å². The van der Waals surface area contributed by atoms with Gasteiger partial charge < -0.3 is 4.90 Å². The minimum absolute atomic E-state index is 0.115. The fourth-order valence-corrected chi connectivity index (χ4v) is 9.21. The van der Waals surface area contributed by atoms with Gasteiger partial charge in [0, 0.05) is 40.2 Å². The van der Waals surface area contributed by atoms with Crippen molar-refractivity contribution in [1.82, 2.24) is 15.0 Å². The van der Waals surface area contributed by atoms with E-state index < -0.39 is 0 Å². The molecule has 3 aromatic heterocycles. The fourth-order valence-electron chi connectivity index (χ4n) is 9.21. The predicted octanol–water partition coefficient (Wildman–Crippen LogP) is 10.7. The maximum absolute atomic E-state index is 5.11. The lowest BCUT2D eigenvalue weighted by atomic mass is 9.77. The summed E-state index contributed by atoms with van der Waals surface area (Å²) in [5.74, 6) is 0. The van der Waals surface area contributed by atoms with Crippen LogP contribution in [0.3, 0.4) is 0 Å². The van der Waals surface area contributed by atoms with E-state index in [4.69, 9.17) is 15.0 Å². The molecule has 1 atom stereocenters. The monoisotopic (exact) mass is 632 g/mol. The summed E-state index contributed by atoms with van der Waals surface area (Å²) < 4.78 is 0. The molecule has 0 saturated heterocycles. The van der Waals surface area contributed by atoms with Crippen molar-refractivity contribution in [2.24, 2.45) is 0 Å². The Labute approximate surface area is 287 Å². The number of hydrogen-bond donors (Lipinski definition) is 0. The number of allylic oxidation sites excluding steroid dienone is 2. The lowest BCUT2D eigenvalue weighted by Crippen LogP contribution is -2.27. The van der Waals surface area contributed by atoms with E-state index in [1.54, 1.807) is 0 Å². The fraction of sp³-hybridized carbons (Fsp3) is 0.178. The van der Waals surface area contributed by atoms with Crippen molar-refractivity contribution >= 4 is 16.9 Å². The molecule has 0 bridgehead atoms. The number of hydrogen-bond acceptors (Lipinski definition) is 4. The maximum atomic E-state index is 5.11. The van der Waals surface area contributed by atoms with Gasteiger partial charge in [-0.1, -0.05) is 101 Å². The van der Waals surface area contributed by atoms with E-state index in [0.717, 1.165) is 34.9 Å². The number of benzene rings is 3. The van der Waals surface area contributed by atoms with Crippen molar-refractivity contribution in [3.63, 3.8) is 0 Å². The molecule has 1 aliphatic heterocycles. The Kier molecular flexibility index (Phi) is 5.77. The molecule has 4 heteroatoms. The summed E-state index contributed by atoms with van der Waals surface area (Å²) in [6, 6.07) is 35.2. The van der Waals surface area contributed by atoms with Crippen molar-refractivity contribution in [3.8, 4) is 45.0 Å². The number of aromatic nitrogens is 3. The summed E-state index contributed by atoms with van der Waals surface area (Å²) in [5.41, 5.74) is 19.6. The molecule has 0 spiro atoms. The molecule has 3 aliphatic carbocycles. The third-order valence-corrected chi connectivity index (χ3v) is 11.4. The van der Waals surface area contributed by atoms with Gasteiger partial charge in [-0.15, -0.1) is 0 Å². The molecule has 1 unspecified atom stereocenters. The van der Waals surface area contributed by atoms with Gasteiger partial charge in [-0.2, -0.15) is 0 Å². The summed E-state index contributed by atoms with van der Waals surface area (Å²) in [6.45, 7) is 9.65. The van der Waals surface area contributed by atoms with Crippen LogP contribution < -0.4 is 4.90 Å². The van der Waals surface area contributed by atoms with Crippen molar-refractivity contribution in [1.29, 1.82) is 0 Å². The Bertz CT molecular complexity index is 2360. The number of pyridine rings is 3. The smallest absolute Gasteiger partial charge is 0.0915 e. The average molecular weight is 633 g/mol. The lowest BCUT2D eigenvalue weighted by molar-refractivity contribution is 0.647. The van der Waals surface area contributed by atoms with Crippen molar-refractivity contribution in [2.45, 2.75) is 51.0 Å². The molecule has 0 saturated carbocycles. The van der Waals surface area contributed by atoms with Crippen LogP contribution >= 0.6 is 0 Å². The Morgan fingerprint density at radius 1 is 0.612 bits per heavy atom. The van der Waals surface area contributed by atoms with E-state index in [9.17, 15) is 0 Å². The van der Waals surface area contributed by atoms with Crippen LogP contribution in [0.25, 0.3) is 50.6 Å². The zero-order valence-corrected chi connectivity index (χ0v) is 28.2. The molecule has 49 heavy (non-hydrogen) atoms. The Morgan fingerprint density at radius 2 is 1.29 bits per heavy atom. The van der Waals surface area contributed by atoms with E-state index in [-0.39, 0.29) is 16.9 Å². The normalized spacial score (nSPS) is 18.2. The standard InChI is InChI=1S/C45H36N4/c1-44(2)32-21-22-39-40(41(32)42-33(44)20-19-29-28-13-5-7-15-31(28)45(3,4)43(29)42)30-14-6-8-18-38(30)49(39)27-25-36(34-16-9-11-23-46-34)48-37(26-27)35-17-10-12-24-47-35/h5-17,19-26,38H,18H2,1-4H3. The van der Waals surface area contributed by atoms with Crippen LogP contribution in [0.5, 0.6) is 0 Å². The molecule has 236 valence electrons. The number of anilines is 2. The molecule has 4 heterocycles. The second-order valence-electron chi connectivity index (χ2n) is 14.8. The van der Waals surface area contributed by atoms with Gasteiger partial charge in [-0.25, -0.2) is 4.98 Å². The van der Waals surface area contributed by atoms with Crippen molar-refractivity contribution in [2.75, 3.05) is 4.90 Å². The van der Waals surface area contributed by atoms with Gasteiger partial charge >= 0.3 is 0 Å². The third-order valence-electron chi connectivity index (χ3n) is 11.4. The van der Waals surface area contributed by atoms with Gasteiger partial charge in [0.05, 0.1) is 28.8 Å². The molecule has 10 rings (SSSR count). The Balaban J connectivity index is 1.25. The largest absolute Gasteiger partial charge is 0.333 e. The average Bonchev–Trinajstić information content (AvgIpc) is 3.69. The minimum Gasteiger partial charge on any atom is -0.333 e. The Hall–Kier alpha value is -5.61. The van der Waals surface area contributed by atoms with Gasteiger partial charge in [-0.05, 0) is 99.0 Å². The van der Waals surface area contributed by atoms with Crippen LogP contribution in [0, 0.1) is 0 Å². The van der Waals surface area contributed by atoms with Crippen LogP contribution in [0.15, 0.2) is 128 Å². The van der Waals surface area contributed by atoms with Crippen LogP contribution in [0.1, 0.15) is 61.9 Å². The Morgan fingerprint density at radius 3 is 2.00 bits per heavy atom. The van der Waals surface area contributed by atoms with Crippen LogP contribution in [-0.2, 0) is 10.8 Å². The van der Waals surface area contributed by atoms with E-state index in [0.29, 0.717) is 0 Å². The van der Waals surface area contributed by atoms with Crippen molar-refractivity contribution < 1.29 is 0 Å². The van der Waals surface area contributed by atoms with Crippen LogP contribution in [0.4, 0.5) is 11.4 Å². The number of fused-ring (bicyclic) bond motifs is 11. The molecule has 6 aromatic rings. The predicted molar refractivity (Wildman–Crippen MR) is 200 cm³/mol. The number of nitrogens with zero attached hydrogens (tertiary/aromatic N) is 4. The number of rotatable bonds is 3. The molecule has 0 N–H and O–H groups in total. The van der Waals surface area contributed by atoms with Gasteiger partial charge in [0.15, 0.2) is 0 Å². The summed E-state index contributed by atoms with van der Waals surface area (Å²) in [7, 11) is 0. The van der Waals surface area contributed by atoms with E-state index >= 15 is 0 Å². The van der Waals surface area contributed by atoms with Gasteiger partial charge in [0.2, 0.25) is 0 Å². The quantitative estimate of drug-likeness (QED) is 0.195. The van der Waals surface area contributed by atoms with Crippen LogP contribution in [-0.4, -0.2) is 21.0 Å². The highest BCUT2D eigenvalue weighted by atomic mass is 15.2. The van der Waals surface area contributed by atoms with Gasteiger partial charge in [-0.3, -0.25) is 9.97 Å². The molecule has 3 aromatic carbocycles. The lowest BCUT2D eigenvalue weighted by Gasteiger charge is -2.29. The molecule has 4 nitrogen and oxygen atoms in total. The third kappa shape index (κ3) is 3.83. The highest BCUT2D eigenvalue weighted by Crippen LogP contribution is 2.63. The van der Waals surface area contributed by atoms with Crippen LogP contribution in [0.2, 0.25) is 0 Å². The van der Waals surface area contributed by atoms with Crippen molar-refractivity contribution in [3.05, 3.63) is 156 Å². The first-order valence-corrected chi connectivity index (χ1v) is 17.3.